The van der Waals surface area contributed by atoms with E-state index in [0.29, 0.717) is 24.7 Å². The van der Waals surface area contributed by atoms with E-state index >= 15 is 0 Å². The zero-order chi connectivity index (χ0) is 32.5. The normalized spacial score (nSPS) is 12.3. The number of hydrogen-bond acceptors (Lipinski definition) is 5. The number of amides is 1. The van der Waals surface area contributed by atoms with Gasteiger partial charge in [0.05, 0.1) is 17.7 Å². The standard InChI is InChI=1S/C36H38N6O3S/c1-3-26(2)34(38-35(43)20-31-21-37-25-41(31)23-28-16-18-30(19-17-28)42(44)45)24-40(22-27-10-5-4-6-11-27)36(46)39-33-15-9-13-29-12-7-8-14-32(29)33/h4-19,21,25-26,34H,3,20,22-24H2,1-2H3,(H,38,43)(H,39,46)/t26-,34+/m0/s1. The van der Waals surface area contributed by atoms with E-state index in [1.54, 1.807) is 24.7 Å². The monoisotopic (exact) mass is 634 g/mol. The van der Waals surface area contributed by atoms with Crippen molar-refractivity contribution < 1.29 is 9.72 Å². The van der Waals surface area contributed by atoms with Crippen LogP contribution in [-0.4, -0.2) is 43.0 Å². The van der Waals surface area contributed by atoms with Gasteiger partial charge in [-0.2, -0.15) is 0 Å². The van der Waals surface area contributed by atoms with Crippen molar-refractivity contribution in [1.82, 2.24) is 19.8 Å². The Balaban J connectivity index is 1.31. The van der Waals surface area contributed by atoms with Gasteiger partial charge in [-0.1, -0.05) is 99.1 Å². The van der Waals surface area contributed by atoms with E-state index in [1.165, 1.54) is 12.1 Å². The third kappa shape index (κ3) is 8.33. The van der Waals surface area contributed by atoms with Crippen LogP contribution in [0.3, 0.4) is 0 Å². The molecule has 1 heterocycles. The number of hydrogen-bond donors (Lipinski definition) is 2. The molecule has 1 amide bonds. The van der Waals surface area contributed by atoms with Gasteiger partial charge in [0.25, 0.3) is 5.69 Å². The van der Waals surface area contributed by atoms with E-state index in [0.717, 1.165) is 39.7 Å². The molecule has 0 unspecified atom stereocenters. The first-order valence-corrected chi connectivity index (χ1v) is 15.8. The molecule has 10 heteroatoms. The summed E-state index contributed by atoms with van der Waals surface area (Å²) in [5.41, 5.74) is 3.73. The topological polar surface area (TPSA) is 105 Å². The number of nitro benzene ring substituents is 1. The minimum Gasteiger partial charge on any atom is -0.351 e. The summed E-state index contributed by atoms with van der Waals surface area (Å²) in [7, 11) is 0. The van der Waals surface area contributed by atoms with E-state index in [9.17, 15) is 14.9 Å². The predicted octanol–water partition coefficient (Wildman–Crippen LogP) is 6.97. The average molecular weight is 635 g/mol. The fraction of sp³-hybridized carbons (Fsp3) is 0.250. The zero-order valence-electron chi connectivity index (χ0n) is 26.0. The Bertz CT molecular complexity index is 1790. The molecular formula is C36H38N6O3S. The molecule has 0 spiro atoms. The summed E-state index contributed by atoms with van der Waals surface area (Å²) in [5, 5.41) is 20.6. The molecule has 46 heavy (non-hydrogen) atoms. The van der Waals surface area contributed by atoms with Crippen molar-refractivity contribution >= 4 is 45.4 Å². The zero-order valence-corrected chi connectivity index (χ0v) is 26.8. The fourth-order valence-corrected chi connectivity index (χ4v) is 5.67. The second-order valence-electron chi connectivity index (χ2n) is 11.5. The second-order valence-corrected chi connectivity index (χ2v) is 11.9. The predicted molar refractivity (Wildman–Crippen MR) is 187 cm³/mol. The number of imidazole rings is 1. The van der Waals surface area contributed by atoms with Crippen LogP contribution in [0.5, 0.6) is 0 Å². The van der Waals surface area contributed by atoms with E-state index in [4.69, 9.17) is 12.2 Å². The molecular weight excluding hydrogens is 597 g/mol. The molecule has 1 aromatic heterocycles. The molecule has 0 saturated heterocycles. The maximum atomic E-state index is 13.5. The lowest BCUT2D eigenvalue weighted by molar-refractivity contribution is -0.384. The van der Waals surface area contributed by atoms with Crippen molar-refractivity contribution in [2.24, 2.45) is 5.92 Å². The van der Waals surface area contributed by atoms with Gasteiger partial charge < -0.3 is 20.1 Å². The quantitative estimate of drug-likeness (QED) is 0.0819. The molecule has 9 nitrogen and oxygen atoms in total. The van der Waals surface area contributed by atoms with Gasteiger partial charge in [0.1, 0.15) is 0 Å². The minimum absolute atomic E-state index is 0.0400. The van der Waals surface area contributed by atoms with Crippen LogP contribution >= 0.6 is 12.2 Å². The molecule has 0 aliphatic carbocycles. The SMILES string of the molecule is CC[C@H](C)[C@@H](CN(Cc1ccccc1)C(=S)Nc1cccc2ccccc12)NC(=O)Cc1cncn1Cc1ccc([N+](=O)[O-])cc1. The molecule has 0 bridgehead atoms. The minimum atomic E-state index is -0.419. The van der Waals surface area contributed by atoms with Crippen molar-refractivity contribution in [1.29, 1.82) is 0 Å². The van der Waals surface area contributed by atoms with Crippen molar-refractivity contribution in [2.75, 3.05) is 11.9 Å². The summed E-state index contributed by atoms with van der Waals surface area (Å²) in [6, 6.07) is 30.8. The largest absolute Gasteiger partial charge is 0.351 e. The highest BCUT2D eigenvalue weighted by Gasteiger charge is 2.24. The number of benzene rings is 4. The van der Waals surface area contributed by atoms with Gasteiger partial charge in [-0.15, -0.1) is 0 Å². The molecule has 0 saturated carbocycles. The van der Waals surface area contributed by atoms with Crippen molar-refractivity contribution in [3.63, 3.8) is 0 Å². The fourth-order valence-electron chi connectivity index (χ4n) is 5.42. The van der Waals surface area contributed by atoms with Crippen LogP contribution < -0.4 is 10.6 Å². The number of anilines is 1. The Morgan fingerprint density at radius 1 is 0.978 bits per heavy atom. The summed E-state index contributed by atoms with van der Waals surface area (Å²) in [6.07, 6.45) is 4.40. The highest BCUT2D eigenvalue weighted by Crippen LogP contribution is 2.24. The smallest absolute Gasteiger partial charge is 0.269 e. The summed E-state index contributed by atoms with van der Waals surface area (Å²) >= 11 is 6.02. The first kappa shape index (κ1) is 32.3. The van der Waals surface area contributed by atoms with E-state index in [1.807, 2.05) is 47.0 Å². The van der Waals surface area contributed by atoms with Gasteiger partial charge in [-0.3, -0.25) is 14.9 Å². The number of non-ortho nitro benzene ring substituents is 1. The third-order valence-corrected chi connectivity index (χ3v) is 8.63. The van der Waals surface area contributed by atoms with Gasteiger partial charge in [0, 0.05) is 60.8 Å². The highest BCUT2D eigenvalue weighted by atomic mass is 32.1. The number of thiocarbonyl (C=S) groups is 1. The second kappa shape index (κ2) is 15.3. The van der Waals surface area contributed by atoms with Crippen molar-refractivity contribution in [3.05, 3.63) is 137 Å². The molecule has 5 rings (SSSR count). The lowest BCUT2D eigenvalue weighted by Gasteiger charge is -2.33. The molecule has 4 aromatic carbocycles. The molecule has 2 atom stereocenters. The summed E-state index contributed by atoms with van der Waals surface area (Å²) in [4.78, 5) is 30.5. The molecule has 0 aliphatic rings. The Hall–Kier alpha value is -5.09. The van der Waals surface area contributed by atoms with Crippen LogP contribution in [0.4, 0.5) is 11.4 Å². The lowest BCUT2D eigenvalue weighted by Crippen LogP contribution is -2.50. The summed E-state index contributed by atoms with van der Waals surface area (Å²) in [5.74, 6) is 0.0796. The number of fused-ring (bicyclic) bond motifs is 1. The maximum Gasteiger partial charge on any atom is 0.269 e. The molecule has 2 N–H and O–H groups in total. The van der Waals surface area contributed by atoms with Gasteiger partial charge in [-0.05, 0) is 40.7 Å². The Morgan fingerprint density at radius 2 is 1.70 bits per heavy atom. The van der Waals surface area contributed by atoms with Crippen LogP contribution in [0.15, 0.2) is 110 Å². The Labute approximate surface area is 274 Å². The van der Waals surface area contributed by atoms with Crippen molar-refractivity contribution in [3.8, 4) is 0 Å². The average Bonchev–Trinajstić information content (AvgIpc) is 3.50. The van der Waals surface area contributed by atoms with E-state index < -0.39 is 4.92 Å². The van der Waals surface area contributed by atoms with Gasteiger partial charge in [0.15, 0.2) is 5.11 Å². The van der Waals surface area contributed by atoms with E-state index in [-0.39, 0.29) is 30.0 Å². The van der Waals surface area contributed by atoms with Crippen molar-refractivity contribution in [2.45, 2.75) is 45.8 Å². The number of carbonyl (C=O) groups is 1. The number of nitro groups is 1. The first-order valence-electron chi connectivity index (χ1n) is 15.4. The first-order chi connectivity index (χ1) is 22.3. The van der Waals surface area contributed by atoms with Crippen LogP contribution in [0.2, 0.25) is 0 Å². The third-order valence-electron chi connectivity index (χ3n) is 8.27. The van der Waals surface area contributed by atoms with Gasteiger partial charge in [-0.25, -0.2) is 4.98 Å². The number of nitrogens with one attached hydrogen (secondary N) is 2. The van der Waals surface area contributed by atoms with Crippen LogP contribution in [0.1, 0.15) is 37.1 Å². The highest BCUT2D eigenvalue weighted by molar-refractivity contribution is 7.80. The maximum absolute atomic E-state index is 13.5. The van der Waals surface area contributed by atoms with Gasteiger partial charge in [0.2, 0.25) is 5.91 Å². The molecule has 0 aliphatic heterocycles. The molecule has 0 radical (unpaired) electrons. The summed E-state index contributed by atoms with van der Waals surface area (Å²) in [6.45, 7) is 5.83. The Kier molecular flexibility index (Phi) is 10.7. The van der Waals surface area contributed by atoms with Gasteiger partial charge >= 0.3 is 0 Å². The lowest BCUT2D eigenvalue weighted by atomic mass is 9.98. The number of carbonyl (C=O) groups excluding carboxylic acids is 1. The number of nitrogens with zero attached hydrogens (tertiary/aromatic N) is 4. The summed E-state index contributed by atoms with van der Waals surface area (Å²) < 4.78 is 1.89. The van der Waals surface area contributed by atoms with E-state index in [2.05, 4.69) is 64.7 Å². The molecule has 236 valence electrons. The van der Waals surface area contributed by atoms with Crippen LogP contribution in [0.25, 0.3) is 10.8 Å². The van der Waals surface area contributed by atoms with Crippen LogP contribution in [0, 0.1) is 16.0 Å². The number of rotatable bonds is 13. The van der Waals surface area contributed by atoms with Crippen LogP contribution in [-0.2, 0) is 24.3 Å². The molecule has 5 aromatic rings. The Morgan fingerprint density at radius 3 is 2.43 bits per heavy atom. The molecule has 0 fully saturated rings. The number of aromatic nitrogens is 2.